The van der Waals surface area contributed by atoms with Crippen molar-refractivity contribution < 1.29 is 14.3 Å². The van der Waals surface area contributed by atoms with E-state index in [9.17, 15) is 9.59 Å². The largest absolute Gasteiger partial charge is 0.369 e. The van der Waals surface area contributed by atoms with Gasteiger partial charge < -0.3 is 15.0 Å². The van der Waals surface area contributed by atoms with E-state index in [4.69, 9.17) is 4.74 Å². The molecule has 4 heterocycles. The molecule has 1 N–H and O–H groups in total. The van der Waals surface area contributed by atoms with Crippen molar-refractivity contribution in [3.8, 4) is 0 Å². The van der Waals surface area contributed by atoms with Crippen molar-refractivity contribution in [3.05, 3.63) is 21.9 Å². The van der Waals surface area contributed by atoms with Crippen molar-refractivity contribution in [1.29, 1.82) is 0 Å². The number of amides is 2. The Hall–Kier alpha value is -1.40. The summed E-state index contributed by atoms with van der Waals surface area (Å²) >= 11 is 1.49. The number of likely N-dealkylation sites (tertiary alicyclic amines) is 1. The molecule has 5 nitrogen and oxygen atoms in total. The van der Waals surface area contributed by atoms with Crippen molar-refractivity contribution in [3.63, 3.8) is 0 Å². The molecule has 140 valence electrons. The van der Waals surface area contributed by atoms with Crippen molar-refractivity contribution in [2.24, 2.45) is 17.8 Å². The molecule has 4 fully saturated rings. The average molecular weight is 375 g/mol. The molecule has 1 aromatic heterocycles. The van der Waals surface area contributed by atoms with Crippen molar-refractivity contribution in [2.75, 3.05) is 19.6 Å². The first kappa shape index (κ1) is 16.8. The molecular formula is C20H26N2O3S. The minimum absolute atomic E-state index is 0.0229. The maximum Gasteiger partial charge on any atom is 0.261 e. The van der Waals surface area contributed by atoms with Gasteiger partial charge in [0.15, 0.2) is 0 Å². The van der Waals surface area contributed by atoms with Crippen LogP contribution in [-0.2, 0) is 9.53 Å². The number of ether oxygens (including phenoxy) is 1. The van der Waals surface area contributed by atoms with Crippen LogP contribution >= 0.6 is 11.3 Å². The highest BCUT2D eigenvalue weighted by Crippen LogP contribution is 2.55. The van der Waals surface area contributed by atoms with Gasteiger partial charge in [-0.25, -0.2) is 0 Å². The van der Waals surface area contributed by atoms with E-state index in [0.29, 0.717) is 24.3 Å². The number of carbonyl (C=O) groups excluding carboxylic acids is 2. The molecule has 6 heteroatoms. The van der Waals surface area contributed by atoms with Crippen LogP contribution in [0.15, 0.2) is 11.4 Å². The molecule has 5 rings (SSSR count). The number of hydrogen-bond donors (Lipinski definition) is 1. The lowest BCUT2D eigenvalue weighted by atomic mass is 9.73. The van der Waals surface area contributed by atoms with Crippen LogP contribution in [0.2, 0.25) is 0 Å². The smallest absolute Gasteiger partial charge is 0.261 e. The molecule has 1 saturated carbocycles. The minimum atomic E-state index is -0.141. The molecule has 4 atom stereocenters. The summed E-state index contributed by atoms with van der Waals surface area (Å²) in [4.78, 5) is 28.0. The zero-order chi connectivity index (χ0) is 17.9. The fourth-order valence-electron chi connectivity index (χ4n) is 5.44. The standard InChI is InChI=1S/C20H26N2O3S/c1-12-6-8-26-17(12)18(23)21-9-14-15-10-22(19(24)13-3-2-4-13)11-20(15)7-5-16(14)25-20/h6,8,13-16H,2-5,7,9-11H2,1H3,(H,21,23)/t14-,15+,16+,20+/m0/s1. The third-order valence-corrected chi connectivity index (χ3v) is 8.13. The number of carbonyl (C=O) groups is 2. The molecule has 1 spiro atoms. The van der Waals surface area contributed by atoms with Crippen LogP contribution in [0, 0.1) is 24.7 Å². The molecule has 3 aliphatic heterocycles. The summed E-state index contributed by atoms with van der Waals surface area (Å²) in [5, 5.41) is 5.10. The first-order valence-electron chi connectivity index (χ1n) is 9.86. The van der Waals surface area contributed by atoms with Gasteiger partial charge in [0.2, 0.25) is 5.91 Å². The first-order valence-corrected chi connectivity index (χ1v) is 10.7. The molecule has 1 aliphatic carbocycles. The van der Waals surface area contributed by atoms with Crippen LogP contribution < -0.4 is 5.32 Å². The van der Waals surface area contributed by atoms with Crippen molar-refractivity contribution in [1.82, 2.24) is 10.2 Å². The van der Waals surface area contributed by atoms with E-state index in [0.717, 1.165) is 49.2 Å². The molecule has 2 bridgehead atoms. The maximum atomic E-state index is 12.7. The molecule has 3 saturated heterocycles. The number of nitrogens with one attached hydrogen (secondary N) is 1. The molecule has 26 heavy (non-hydrogen) atoms. The van der Waals surface area contributed by atoms with E-state index >= 15 is 0 Å². The molecule has 0 radical (unpaired) electrons. The second-order valence-electron chi connectivity index (χ2n) is 8.52. The Morgan fingerprint density at radius 3 is 2.92 bits per heavy atom. The Kier molecular flexibility index (Phi) is 3.90. The number of hydrogen-bond acceptors (Lipinski definition) is 4. The van der Waals surface area contributed by atoms with Crippen LogP contribution in [0.3, 0.4) is 0 Å². The molecule has 1 aromatic rings. The van der Waals surface area contributed by atoms with Crippen LogP contribution in [-0.4, -0.2) is 48.1 Å². The second kappa shape index (κ2) is 6.06. The lowest BCUT2D eigenvalue weighted by molar-refractivity contribution is -0.138. The summed E-state index contributed by atoms with van der Waals surface area (Å²) in [6.45, 7) is 4.20. The quantitative estimate of drug-likeness (QED) is 0.881. The number of rotatable bonds is 4. The van der Waals surface area contributed by atoms with Gasteiger partial charge in [0, 0.05) is 30.8 Å². The Labute approximate surface area is 158 Å². The van der Waals surface area contributed by atoms with Crippen molar-refractivity contribution >= 4 is 23.2 Å². The van der Waals surface area contributed by atoms with Gasteiger partial charge in [-0.15, -0.1) is 11.3 Å². The van der Waals surface area contributed by atoms with E-state index in [1.165, 1.54) is 17.8 Å². The van der Waals surface area contributed by atoms with Gasteiger partial charge in [0.1, 0.15) is 0 Å². The number of thiophene rings is 1. The van der Waals surface area contributed by atoms with Gasteiger partial charge >= 0.3 is 0 Å². The van der Waals surface area contributed by atoms with Crippen LogP contribution in [0.5, 0.6) is 0 Å². The third-order valence-electron chi connectivity index (χ3n) is 7.12. The minimum Gasteiger partial charge on any atom is -0.369 e. The fraction of sp³-hybridized carbons (Fsp3) is 0.700. The van der Waals surface area contributed by atoms with E-state index in [1.54, 1.807) is 0 Å². The Balaban J connectivity index is 1.26. The zero-order valence-corrected chi connectivity index (χ0v) is 16.0. The molecule has 2 amide bonds. The van der Waals surface area contributed by atoms with E-state index < -0.39 is 0 Å². The molecule has 0 unspecified atom stereocenters. The van der Waals surface area contributed by atoms with Gasteiger partial charge in [-0.2, -0.15) is 0 Å². The van der Waals surface area contributed by atoms with E-state index in [-0.39, 0.29) is 23.5 Å². The maximum absolute atomic E-state index is 12.7. The lowest BCUT2D eigenvalue weighted by Gasteiger charge is -2.30. The molecule has 4 aliphatic rings. The monoisotopic (exact) mass is 374 g/mol. The Bertz CT molecular complexity index is 743. The van der Waals surface area contributed by atoms with Crippen molar-refractivity contribution in [2.45, 2.75) is 50.7 Å². The Morgan fingerprint density at radius 1 is 1.38 bits per heavy atom. The van der Waals surface area contributed by atoms with Crippen LogP contribution in [0.4, 0.5) is 0 Å². The summed E-state index contributed by atoms with van der Waals surface area (Å²) in [6.07, 6.45) is 5.65. The average Bonchev–Trinajstić information content (AvgIpc) is 3.30. The summed E-state index contributed by atoms with van der Waals surface area (Å²) in [7, 11) is 0. The van der Waals surface area contributed by atoms with Gasteiger partial charge in [0.05, 0.1) is 23.1 Å². The predicted octanol–water partition coefficient (Wildman–Crippen LogP) is 2.59. The summed E-state index contributed by atoms with van der Waals surface area (Å²) in [5.74, 6) is 1.31. The molecule has 0 aromatic carbocycles. The summed E-state index contributed by atoms with van der Waals surface area (Å²) in [5.41, 5.74) is 0.893. The summed E-state index contributed by atoms with van der Waals surface area (Å²) in [6, 6.07) is 1.98. The third kappa shape index (κ3) is 2.45. The van der Waals surface area contributed by atoms with Gasteiger partial charge in [-0.05, 0) is 49.6 Å². The Morgan fingerprint density at radius 2 is 2.23 bits per heavy atom. The normalized spacial score (nSPS) is 35.4. The summed E-state index contributed by atoms with van der Waals surface area (Å²) < 4.78 is 6.41. The van der Waals surface area contributed by atoms with Gasteiger partial charge in [-0.1, -0.05) is 6.42 Å². The highest BCUT2D eigenvalue weighted by molar-refractivity contribution is 7.12. The number of fused-ring (bicyclic) bond motifs is 1. The fourth-order valence-corrected chi connectivity index (χ4v) is 6.28. The second-order valence-corrected chi connectivity index (χ2v) is 9.44. The highest BCUT2D eigenvalue weighted by atomic mass is 32.1. The topological polar surface area (TPSA) is 58.6 Å². The predicted molar refractivity (Wildman–Crippen MR) is 99.1 cm³/mol. The first-order chi connectivity index (χ1) is 12.6. The van der Waals surface area contributed by atoms with Crippen LogP contribution in [0.1, 0.15) is 47.3 Å². The SMILES string of the molecule is Cc1ccsc1C(=O)NC[C@H]1[C@H]2CN(C(=O)C3CCC3)C[C@]23CC[C@H]1O3. The lowest BCUT2D eigenvalue weighted by Crippen LogP contribution is -2.41. The van der Waals surface area contributed by atoms with E-state index in [2.05, 4.69) is 10.2 Å². The van der Waals surface area contributed by atoms with Gasteiger partial charge in [0.25, 0.3) is 5.91 Å². The number of aryl methyl sites for hydroxylation is 1. The van der Waals surface area contributed by atoms with Gasteiger partial charge in [-0.3, -0.25) is 9.59 Å². The number of nitrogens with zero attached hydrogens (tertiary/aromatic N) is 1. The van der Waals surface area contributed by atoms with E-state index in [1.807, 2.05) is 18.4 Å². The zero-order valence-electron chi connectivity index (χ0n) is 15.2. The van der Waals surface area contributed by atoms with Crippen LogP contribution in [0.25, 0.3) is 0 Å². The highest BCUT2D eigenvalue weighted by Gasteiger charge is 2.63. The molecular weight excluding hydrogens is 348 g/mol.